The van der Waals surface area contributed by atoms with Crippen molar-refractivity contribution in [1.82, 2.24) is 4.98 Å². The fourth-order valence-electron chi connectivity index (χ4n) is 1.39. The van der Waals surface area contributed by atoms with Gasteiger partial charge in [-0.05, 0) is 36.4 Å². The summed E-state index contributed by atoms with van der Waals surface area (Å²) >= 11 is 5.82. The van der Waals surface area contributed by atoms with Crippen LogP contribution < -0.4 is 0 Å². The lowest BCUT2D eigenvalue weighted by Gasteiger charge is -2.03. The SMILES string of the molecule is O=C(O)c1cc(Cl)cc(-c2ccc(O)cc2)n1. The van der Waals surface area contributed by atoms with Crippen LogP contribution in [0.2, 0.25) is 5.02 Å². The third-order valence-electron chi connectivity index (χ3n) is 2.17. The standard InChI is InChI=1S/C12H8ClNO3/c13-8-5-10(14-11(6-8)12(16)17)7-1-3-9(15)4-2-7/h1-6,15H,(H,16,17). The quantitative estimate of drug-likeness (QED) is 0.859. The molecule has 0 saturated carbocycles. The summed E-state index contributed by atoms with van der Waals surface area (Å²) in [6.07, 6.45) is 0. The number of aromatic carboxylic acids is 1. The number of carboxylic acids is 1. The van der Waals surface area contributed by atoms with Crippen LogP contribution in [0.4, 0.5) is 0 Å². The highest BCUT2D eigenvalue weighted by atomic mass is 35.5. The maximum Gasteiger partial charge on any atom is 0.354 e. The average molecular weight is 250 g/mol. The number of carboxylic acid groups (broad SMARTS) is 1. The Labute approximate surface area is 102 Å². The van der Waals surface area contributed by atoms with E-state index in [1.165, 1.54) is 18.2 Å². The number of halogens is 1. The zero-order chi connectivity index (χ0) is 12.4. The van der Waals surface area contributed by atoms with Gasteiger partial charge in [-0.15, -0.1) is 0 Å². The first-order valence-electron chi connectivity index (χ1n) is 4.76. The van der Waals surface area contributed by atoms with E-state index < -0.39 is 5.97 Å². The van der Waals surface area contributed by atoms with E-state index in [0.717, 1.165) is 0 Å². The van der Waals surface area contributed by atoms with Crippen molar-refractivity contribution in [2.75, 3.05) is 0 Å². The molecule has 2 aromatic rings. The van der Waals surface area contributed by atoms with Gasteiger partial charge in [0.15, 0.2) is 0 Å². The molecule has 0 aliphatic heterocycles. The Hall–Kier alpha value is -2.07. The molecule has 0 aliphatic rings. The third-order valence-corrected chi connectivity index (χ3v) is 2.39. The van der Waals surface area contributed by atoms with Crippen LogP contribution in [0.15, 0.2) is 36.4 Å². The molecule has 0 amide bonds. The van der Waals surface area contributed by atoms with Crippen LogP contribution in [0.25, 0.3) is 11.3 Å². The molecule has 0 saturated heterocycles. The zero-order valence-electron chi connectivity index (χ0n) is 8.59. The molecular weight excluding hydrogens is 242 g/mol. The number of nitrogens with zero attached hydrogens (tertiary/aromatic N) is 1. The van der Waals surface area contributed by atoms with Crippen LogP contribution in [-0.4, -0.2) is 21.2 Å². The Morgan fingerprint density at radius 1 is 1.18 bits per heavy atom. The van der Waals surface area contributed by atoms with E-state index in [1.807, 2.05) is 0 Å². The van der Waals surface area contributed by atoms with Gasteiger partial charge in [-0.2, -0.15) is 0 Å². The van der Waals surface area contributed by atoms with Crippen LogP contribution in [-0.2, 0) is 0 Å². The molecule has 0 aliphatic carbocycles. The summed E-state index contributed by atoms with van der Waals surface area (Å²) in [5.41, 5.74) is 1.03. The van der Waals surface area contributed by atoms with Crippen LogP contribution in [0.5, 0.6) is 5.75 Å². The van der Waals surface area contributed by atoms with Crippen molar-refractivity contribution in [3.8, 4) is 17.0 Å². The minimum absolute atomic E-state index is 0.111. The van der Waals surface area contributed by atoms with Gasteiger partial charge < -0.3 is 10.2 Å². The number of aromatic hydroxyl groups is 1. The first-order valence-corrected chi connectivity index (χ1v) is 5.14. The Morgan fingerprint density at radius 3 is 2.41 bits per heavy atom. The van der Waals surface area contributed by atoms with Crippen LogP contribution in [0.3, 0.4) is 0 Å². The molecule has 2 rings (SSSR count). The highest BCUT2D eigenvalue weighted by Gasteiger charge is 2.09. The van der Waals surface area contributed by atoms with Crippen molar-refractivity contribution in [1.29, 1.82) is 0 Å². The predicted octanol–water partition coefficient (Wildman–Crippen LogP) is 2.81. The monoisotopic (exact) mass is 249 g/mol. The van der Waals surface area contributed by atoms with E-state index in [1.54, 1.807) is 18.2 Å². The smallest absolute Gasteiger partial charge is 0.354 e. The van der Waals surface area contributed by atoms with E-state index in [-0.39, 0.29) is 11.4 Å². The molecule has 0 atom stereocenters. The average Bonchev–Trinajstić information content (AvgIpc) is 2.29. The minimum Gasteiger partial charge on any atom is -0.508 e. The highest BCUT2D eigenvalue weighted by Crippen LogP contribution is 2.23. The normalized spacial score (nSPS) is 10.2. The van der Waals surface area contributed by atoms with Crippen molar-refractivity contribution in [2.45, 2.75) is 0 Å². The summed E-state index contributed by atoms with van der Waals surface area (Å²) in [5, 5.41) is 18.3. The second-order valence-corrected chi connectivity index (χ2v) is 3.84. The Balaban J connectivity index is 2.51. The summed E-state index contributed by atoms with van der Waals surface area (Å²) in [6, 6.07) is 9.13. The molecule has 0 spiro atoms. The second kappa shape index (κ2) is 4.43. The van der Waals surface area contributed by atoms with Gasteiger partial charge in [0.25, 0.3) is 0 Å². The predicted molar refractivity (Wildman–Crippen MR) is 63.3 cm³/mol. The summed E-state index contributed by atoms with van der Waals surface area (Å²) in [7, 11) is 0. The van der Waals surface area contributed by atoms with Gasteiger partial charge in [-0.25, -0.2) is 9.78 Å². The summed E-state index contributed by atoms with van der Waals surface area (Å²) in [5.74, 6) is -0.998. The maximum atomic E-state index is 10.8. The Kier molecular flexibility index (Phi) is 2.97. The van der Waals surface area contributed by atoms with E-state index >= 15 is 0 Å². The van der Waals surface area contributed by atoms with Gasteiger partial charge in [-0.1, -0.05) is 11.6 Å². The van der Waals surface area contributed by atoms with E-state index in [0.29, 0.717) is 16.3 Å². The molecule has 0 bridgehead atoms. The molecule has 0 unspecified atom stereocenters. The summed E-state index contributed by atoms with van der Waals surface area (Å²) in [4.78, 5) is 14.8. The highest BCUT2D eigenvalue weighted by molar-refractivity contribution is 6.31. The number of phenolic OH excluding ortho intramolecular Hbond substituents is 1. The van der Waals surface area contributed by atoms with Gasteiger partial charge in [0.05, 0.1) is 5.69 Å². The van der Waals surface area contributed by atoms with Crippen molar-refractivity contribution >= 4 is 17.6 Å². The largest absolute Gasteiger partial charge is 0.508 e. The lowest BCUT2D eigenvalue weighted by Crippen LogP contribution is -2.01. The molecule has 2 N–H and O–H groups in total. The van der Waals surface area contributed by atoms with Gasteiger partial charge in [0.2, 0.25) is 0 Å². The summed E-state index contributed by atoms with van der Waals surface area (Å²) in [6.45, 7) is 0. The van der Waals surface area contributed by atoms with Crippen LogP contribution in [0.1, 0.15) is 10.5 Å². The van der Waals surface area contributed by atoms with Crippen molar-refractivity contribution in [3.05, 3.63) is 47.1 Å². The number of phenols is 1. The molecular formula is C12H8ClNO3. The van der Waals surface area contributed by atoms with Gasteiger partial charge in [0, 0.05) is 10.6 Å². The number of hydrogen-bond acceptors (Lipinski definition) is 3. The molecule has 1 heterocycles. The topological polar surface area (TPSA) is 70.4 Å². The van der Waals surface area contributed by atoms with Gasteiger partial charge in [-0.3, -0.25) is 0 Å². The number of carbonyl (C=O) groups is 1. The van der Waals surface area contributed by atoms with Gasteiger partial charge >= 0.3 is 5.97 Å². The fourth-order valence-corrected chi connectivity index (χ4v) is 1.59. The van der Waals surface area contributed by atoms with Crippen molar-refractivity contribution in [3.63, 3.8) is 0 Å². The Bertz CT molecular complexity index is 566. The second-order valence-electron chi connectivity index (χ2n) is 3.41. The van der Waals surface area contributed by atoms with Crippen LogP contribution >= 0.6 is 11.6 Å². The van der Waals surface area contributed by atoms with Crippen LogP contribution in [0, 0.1) is 0 Å². The molecule has 17 heavy (non-hydrogen) atoms. The Morgan fingerprint density at radius 2 is 1.82 bits per heavy atom. The maximum absolute atomic E-state index is 10.8. The number of hydrogen-bond donors (Lipinski definition) is 2. The first kappa shape index (κ1) is 11.4. The fraction of sp³-hybridized carbons (Fsp3) is 0. The molecule has 5 heteroatoms. The summed E-state index contributed by atoms with van der Waals surface area (Å²) < 4.78 is 0. The number of aromatic nitrogens is 1. The molecule has 1 aromatic carbocycles. The van der Waals surface area contributed by atoms with E-state index in [4.69, 9.17) is 21.8 Å². The number of pyridine rings is 1. The van der Waals surface area contributed by atoms with Crippen molar-refractivity contribution < 1.29 is 15.0 Å². The molecule has 86 valence electrons. The number of benzene rings is 1. The van der Waals surface area contributed by atoms with E-state index in [9.17, 15) is 4.79 Å². The first-order chi connectivity index (χ1) is 8.06. The lowest BCUT2D eigenvalue weighted by atomic mass is 10.1. The number of rotatable bonds is 2. The molecule has 1 aromatic heterocycles. The zero-order valence-corrected chi connectivity index (χ0v) is 9.35. The third kappa shape index (κ3) is 2.54. The lowest BCUT2D eigenvalue weighted by molar-refractivity contribution is 0.0690. The molecule has 0 radical (unpaired) electrons. The molecule has 4 nitrogen and oxygen atoms in total. The molecule has 0 fully saturated rings. The minimum atomic E-state index is -1.13. The van der Waals surface area contributed by atoms with E-state index in [2.05, 4.69) is 4.98 Å². The van der Waals surface area contributed by atoms with Crippen molar-refractivity contribution in [2.24, 2.45) is 0 Å². The van der Waals surface area contributed by atoms with Gasteiger partial charge in [0.1, 0.15) is 11.4 Å².